The fourth-order valence-electron chi connectivity index (χ4n) is 2.09. The largest absolute Gasteiger partial charge is 0.377 e. The molecule has 2 nitrogen and oxygen atoms in total. The highest BCUT2D eigenvalue weighted by Gasteiger charge is 2.05. The molecule has 0 aliphatic rings. The Hall–Kier alpha value is -1.42. The Balaban J connectivity index is 1.95. The molecule has 0 heterocycles. The SMILES string of the molecule is CCOCc1ccccc1CNCc1cc(Cl)ccc1F. The smallest absolute Gasteiger partial charge is 0.127 e. The lowest BCUT2D eigenvalue weighted by Crippen LogP contribution is -2.15. The van der Waals surface area contributed by atoms with Crippen LogP contribution in [0, 0.1) is 5.82 Å². The molecule has 112 valence electrons. The van der Waals surface area contributed by atoms with Crippen molar-refractivity contribution in [2.75, 3.05) is 6.61 Å². The van der Waals surface area contributed by atoms with E-state index in [0.29, 0.717) is 36.9 Å². The first-order valence-corrected chi connectivity index (χ1v) is 7.37. The summed E-state index contributed by atoms with van der Waals surface area (Å²) in [6.07, 6.45) is 0. The molecule has 0 fully saturated rings. The van der Waals surface area contributed by atoms with Crippen molar-refractivity contribution >= 4 is 11.6 Å². The van der Waals surface area contributed by atoms with Gasteiger partial charge in [-0.2, -0.15) is 0 Å². The number of benzene rings is 2. The van der Waals surface area contributed by atoms with Gasteiger partial charge in [-0.05, 0) is 36.2 Å². The molecule has 0 saturated carbocycles. The minimum Gasteiger partial charge on any atom is -0.377 e. The molecule has 0 spiro atoms. The Kier molecular flexibility index (Phi) is 6.18. The average Bonchev–Trinajstić information content (AvgIpc) is 2.50. The van der Waals surface area contributed by atoms with E-state index in [0.717, 1.165) is 11.1 Å². The lowest BCUT2D eigenvalue weighted by atomic mass is 10.1. The van der Waals surface area contributed by atoms with Crippen LogP contribution in [0.3, 0.4) is 0 Å². The van der Waals surface area contributed by atoms with E-state index in [1.54, 1.807) is 12.1 Å². The fourth-order valence-corrected chi connectivity index (χ4v) is 2.29. The molecule has 0 aliphatic heterocycles. The van der Waals surface area contributed by atoms with Crippen LogP contribution in [0.25, 0.3) is 0 Å². The molecule has 0 saturated heterocycles. The summed E-state index contributed by atoms with van der Waals surface area (Å²) in [5.74, 6) is -0.241. The van der Waals surface area contributed by atoms with Crippen LogP contribution in [0.5, 0.6) is 0 Å². The van der Waals surface area contributed by atoms with Crippen LogP contribution < -0.4 is 5.32 Å². The topological polar surface area (TPSA) is 21.3 Å². The van der Waals surface area contributed by atoms with E-state index in [9.17, 15) is 4.39 Å². The van der Waals surface area contributed by atoms with Gasteiger partial charge in [0.2, 0.25) is 0 Å². The second kappa shape index (κ2) is 8.13. The predicted molar refractivity (Wildman–Crippen MR) is 83.7 cm³/mol. The van der Waals surface area contributed by atoms with E-state index in [1.807, 2.05) is 25.1 Å². The third-order valence-corrected chi connectivity index (χ3v) is 3.45. The number of halogens is 2. The minimum absolute atomic E-state index is 0.241. The van der Waals surface area contributed by atoms with Crippen molar-refractivity contribution in [1.82, 2.24) is 5.32 Å². The van der Waals surface area contributed by atoms with Gasteiger partial charge in [0.15, 0.2) is 0 Å². The Morgan fingerprint density at radius 1 is 1.05 bits per heavy atom. The maximum atomic E-state index is 13.6. The van der Waals surface area contributed by atoms with Gasteiger partial charge in [0.1, 0.15) is 5.82 Å². The highest BCUT2D eigenvalue weighted by atomic mass is 35.5. The van der Waals surface area contributed by atoms with Gasteiger partial charge in [-0.25, -0.2) is 4.39 Å². The number of nitrogens with one attached hydrogen (secondary N) is 1. The van der Waals surface area contributed by atoms with Crippen LogP contribution in [-0.2, 0) is 24.4 Å². The lowest BCUT2D eigenvalue weighted by Gasteiger charge is -2.11. The molecule has 4 heteroatoms. The van der Waals surface area contributed by atoms with Crippen LogP contribution in [0.15, 0.2) is 42.5 Å². The van der Waals surface area contributed by atoms with Crippen LogP contribution in [-0.4, -0.2) is 6.61 Å². The van der Waals surface area contributed by atoms with Crippen molar-refractivity contribution in [1.29, 1.82) is 0 Å². The molecular formula is C17H19ClFNO. The summed E-state index contributed by atoms with van der Waals surface area (Å²) >= 11 is 5.88. The fraction of sp³-hybridized carbons (Fsp3) is 0.294. The van der Waals surface area contributed by atoms with Gasteiger partial charge in [-0.3, -0.25) is 0 Å². The lowest BCUT2D eigenvalue weighted by molar-refractivity contribution is 0.133. The van der Waals surface area contributed by atoms with Crippen LogP contribution >= 0.6 is 11.6 Å². The van der Waals surface area contributed by atoms with Crippen molar-refractivity contribution in [3.8, 4) is 0 Å². The molecular weight excluding hydrogens is 289 g/mol. The number of ether oxygens (including phenoxy) is 1. The maximum Gasteiger partial charge on any atom is 0.127 e. The molecule has 2 rings (SSSR count). The first-order valence-electron chi connectivity index (χ1n) is 7.00. The summed E-state index contributed by atoms with van der Waals surface area (Å²) in [5, 5.41) is 3.79. The predicted octanol–water partition coefficient (Wildman–Crippen LogP) is 4.31. The van der Waals surface area contributed by atoms with Gasteiger partial charge in [-0.1, -0.05) is 35.9 Å². The summed E-state index contributed by atoms with van der Waals surface area (Å²) < 4.78 is 19.1. The summed E-state index contributed by atoms with van der Waals surface area (Å²) in [4.78, 5) is 0. The van der Waals surface area contributed by atoms with Gasteiger partial charge < -0.3 is 10.1 Å². The normalized spacial score (nSPS) is 10.8. The number of hydrogen-bond acceptors (Lipinski definition) is 2. The molecule has 0 bridgehead atoms. The van der Waals surface area contributed by atoms with Crippen molar-refractivity contribution in [3.05, 3.63) is 70.0 Å². The Morgan fingerprint density at radius 3 is 2.52 bits per heavy atom. The van der Waals surface area contributed by atoms with Crippen molar-refractivity contribution < 1.29 is 9.13 Å². The second-order valence-corrected chi connectivity index (χ2v) is 5.18. The summed E-state index contributed by atoms with van der Waals surface area (Å²) in [7, 11) is 0. The number of rotatable bonds is 7. The monoisotopic (exact) mass is 307 g/mol. The van der Waals surface area contributed by atoms with Crippen molar-refractivity contribution in [2.45, 2.75) is 26.6 Å². The highest BCUT2D eigenvalue weighted by Crippen LogP contribution is 2.15. The molecule has 1 N–H and O–H groups in total. The van der Waals surface area contributed by atoms with Crippen LogP contribution in [0.1, 0.15) is 23.6 Å². The highest BCUT2D eigenvalue weighted by molar-refractivity contribution is 6.30. The van der Waals surface area contributed by atoms with E-state index in [-0.39, 0.29) is 5.82 Å². The van der Waals surface area contributed by atoms with Crippen molar-refractivity contribution in [3.63, 3.8) is 0 Å². The van der Waals surface area contributed by atoms with Gasteiger partial charge in [0, 0.05) is 30.3 Å². The van der Waals surface area contributed by atoms with Gasteiger partial charge in [-0.15, -0.1) is 0 Å². The molecule has 0 unspecified atom stereocenters. The second-order valence-electron chi connectivity index (χ2n) is 4.75. The molecule has 0 amide bonds. The number of hydrogen-bond donors (Lipinski definition) is 1. The Bertz CT molecular complexity index is 589. The summed E-state index contributed by atoms with van der Waals surface area (Å²) in [6, 6.07) is 12.7. The van der Waals surface area contributed by atoms with Gasteiger partial charge in [0.25, 0.3) is 0 Å². The quantitative estimate of drug-likeness (QED) is 0.823. The molecule has 2 aromatic carbocycles. The molecule has 21 heavy (non-hydrogen) atoms. The maximum absolute atomic E-state index is 13.6. The summed E-state index contributed by atoms with van der Waals surface area (Å²) in [5.41, 5.74) is 2.89. The third-order valence-electron chi connectivity index (χ3n) is 3.22. The third kappa shape index (κ3) is 4.81. The van der Waals surface area contributed by atoms with Gasteiger partial charge >= 0.3 is 0 Å². The van der Waals surface area contributed by atoms with E-state index >= 15 is 0 Å². The zero-order chi connectivity index (χ0) is 15.1. The Labute approximate surface area is 129 Å². The van der Waals surface area contributed by atoms with Crippen LogP contribution in [0.4, 0.5) is 4.39 Å². The standard InChI is InChI=1S/C17H19ClFNO/c1-2-21-12-14-6-4-3-5-13(14)10-20-11-15-9-16(18)7-8-17(15)19/h3-9,20H,2,10-12H2,1H3. The van der Waals surface area contributed by atoms with E-state index in [2.05, 4.69) is 11.4 Å². The zero-order valence-electron chi connectivity index (χ0n) is 12.0. The van der Waals surface area contributed by atoms with Gasteiger partial charge in [0.05, 0.1) is 6.61 Å². The van der Waals surface area contributed by atoms with E-state index in [1.165, 1.54) is 6.07 Å². The van der Waals surface area contributed by atoms with E-state index < -0.39 is 0 Å². The zero-order valence-corrected chi connectivity index (χ0v) is 12.8. The molecule has 0 aliphatic carbocycles. The molecule has 0 aromatic heterocycles. The molecule has 0 radical (unpaired) electrons. The molecule has 0 atom stereocenters. The molecule has 2 aromatic rings. The van der Waals surface area contributed by atoms with Crippen molar-refractivity contribution in [2.24, 2.45) is 0 Å². The minimum atomic E-state index is -0.241. The summed E-state index contributed by atoms with van der Waals surface area (Å²) in [6.45, 7) is 4.36. The first kappa shape index (κ1) is 16.0. The first-order chi connectivity index (χ1) is 10.2. The van der Waals surface area contributed by atoms with E-state index in [4.69, 9.17) is 16.3 Å². The average molecular weight is 308 g/mol. The van der Waals surface area contributed by atoms with Crippen LogP contribution in [0.2, 0.25) is 5.02 Å². The Morgan fingerprint density at radius 2 is 1.76 bits per heavy atom.